The van der Waals surface area contributed by atoms with Crippen molar-refractivity contribution in [2.75, 3.05) is 0 Å². The van der Waals surface area contributed by atoms with E-state index >= 15 is 0 Å². The van der Waals surface area contributed by atoms with Gasteiger partial charge in [-0.2, -0.15) is 0 Å². The van der Waals surface area contributed by atoms with Crippen LogP contribution in [-0.4, -0.2) is 4.57 Å². The molecule has 3 aromatic rings. The van der Waals surface area contributed by atoms with Gasteiger partial charge in [0.25, 0.3) is 0 Å². The molecule has 0 aliphatic heterocycles. The first kappa shape index (κ1) is 11.7. The molecule has 19 heavy (non-hydrogen) atoms. The van der Waals surface area contributed by atoms with Crippen LogP contribution in [0.1, 0.15) is 11.1 Å². The molecule has 94 valence electrons. The highest BCUT2D eigenvalue weighted by molar-refractivity contribution is 5.81. The lowest BCUT2D eigenvalue weighted by Crippen LogP contribution is -2.11. The SMILES string of the molecule is Cc1cccc(-n2cc(C)c(=O)c3ccccc32)c1. The number of fused-ring (bicyclic) bond motifs is 1. The highest BCUT2D eigenvalue weighted by Gasteiger charge is 2.06. The second-order valence-electron chi connectivity index (χ2n) is 4.87. The summed E-state index contributed by atoms with van der Waals surface area (Å²) in [6.07, 6.45) is 1.92. The predicted molar refractivity (Wildman–Crippen MR) is 79.0 cm³/mol. The van der Waals surface area contributed by atoms with Gasteiger partial charge in [0.2, 0.25) is 0 Å². The Morgan fingerprint density at radius 2 is 1.74 bits per heavy atom. The predicted octanol–water partition coefficient (Wildman–Crippen LogP) is 3.61. The number of pyridine rings is 1. The van der Waals surface area contributed by atoms with Gasteiger partial charge in [-0.3, -0.25) is 4.79 Å². The van der Waals surface area contributed by atoms with E-state index in [-0.39, 0.29) is 5.43 Å². The van der Waals surface area contributed by atoms with E-state index in [1.165, 1.54) is 5.56 Å². The molecule has 0 aliphatic carbocycles. The van der Waals surface area contributed by atoms with Gasteiger partial charge in [0.15, 0.2) is 5.43 Å². The fraction of sp³-hybridized carbons (Fsp3) is 0.118. The minimum Gasteiger partial charge on any atom is -0.316 e. The lowest BCUT2D eigenvalue weighted by atomic mass is 10.1. The van der Waals surface area contributed by atoms with Crippen LogP contribution in [0.4, 0.5) is 0 Å². The number of nitrogens with zero attached hydrogens (tertiary/aromatic N) is 1. The van der Waals surface area contributed by atoms with Crippen molar-refractivity contribution in [2.24, 2.45) is 0 Å². The highest BCUT2D eigenvalue weighted by atomic mass is 16.1. The summed E-state index contributed by atoms with van der Waals surface area (Å²) in [5, 5.41) is 0.768. The van der Waals surface area contributed by atoms with Gasteiger partial charge in [-0.25, -0.2) is 0 Å². The molecule has 1 heterocycles. The largest absolute Gasteiger partial charge is 0.316 e. The molecular formula is C17H15NO. The highest BCUT2D eigenvalue weighted by Crippen LogP contribution is 2.18. The number of hydrogen-bond acceptors (Lipinski definition) is 1. The molecule has 2 nitrogen and oxygen atoms in total. The van der Waals surface area contributed by atoms with Crippen LogP contribution in [0.15, 0.2) is 59.5 Å². The fourth-order valence-corrected chi connectivity index (χ4v) is 2.40. The number of aromatic nitrogens is 1. The van der Waals surface area contributed by atoms with Crippen molar-refractivity contribution < 1.29 is 0 Å². The molecular weight excluding hydrogens is 234 g/mol. The van der Waals surface area contributed by atoms with E-state index in [0.29, 0.717) is 0 Å². The molecule has 0 atom stereocenters. The Labute approximate surface area is 111 Å². The van der Waals surface area contributed by atoms with Gasteiger partial charge in [-0.1, -0.05) is 24.3 Å². The van der Waals surface area contributed by atoms with Crippen LogP contribution in [0.2, 0.25) is 0 Å². The van der Waals surface area contributed by atoms with Crippen molar-refractivity contribution in [3.05, 3.63) is 76.1 Å². The number of hydrogen-bond donors (Lipinski definition) is 0. The summed E-state index contributed by atoms with van der Waals surface area (Å²) in [5.74, 6) is 0. The van der Waals surface area contributed by atoms with Gasteiger partial charge in [0, 0.05) is 22.8 Å². The first-order valence-corrected chi connectivity index (χ1v) is 6.35. The number of aryl methyl sites for hydroxylation is 2. The van der Waals surface area contributed by atoms with Crippen LogP contribution in [-0.2, 0) is 0 Å². The van der Waals surface area contributed by atoms with Crippen LogP contribution in [0, 0.1) is 13.8 Å². The van der Waals surface area contributed by atoms with Gasteiger partial charge in [0.05, 0.1) is 5.52 Å². The summed E-state index contributed by atoms with van der Waals surface area (Å²) in [7, 11) is 0. The molecule has 0 bridgehead atoms. The molecule has 0 saturated heterocycles. The summed E-state index contributed by atoms with van der Waals surface area (Å²) in [6, 6.07) is 16.0. The Balaban J connectivity index is 2.42. The fourth-order valence-electron chi connectivity index (χ4n) is 2.40. The van der Waals surface area contributed by atoms with Crippen molar-refractivity contribution in [3.63, 3.8) is 0 Å². The maximum Gasteiger partial charge on any atom is 0.192 e. The van der Waals surface area contributed by atoms with Crippen LogP contribution < -0.4 is 5.43 Å². The van der Waals surface area contributed by atoms with E-state index < -0.39 is 0 Å². The molecule has 0 saturated carbocycles. The first-order valence-electron chi connectivity index (χ1n) is 6.35. The van der Waals surface area contributed by atoms with Crippen molar-refractivity contribution >= 4 is 10.9 Å². The molecule has 0 N–H and O–H groups in total. The average molecular weight is 249 g/mol. The average Bonchev–Trinajstić information content (AvgIpc) is 2.43. The second kappa shape index (κ2) is 4.39. The van der Waals surface area contributed by atoms with Crippen molar-refractivity contribution in [3.8, 4) is 5.69 Å². The van der Waals surface area contributed by atoms with E-state index in [2.05, 4.69) is 29.7 Å². The second-order valence-corrected chi connectivity index (χ2v) is 4.87. The normalized spacial score (nSPS) is 10.8. The van der Waals surface area contributed by atoms with Crippen molar-refractivity contribution in [2.45, 2.75) is 13.8 Å². The Kier molecular flexibility index (Phi) is 2.71. The molecule has 2 aromatic carbocycles. The summed E-state index contributed by atoms with van der Waals surface area (Å²) in [4.78, 5) is 12.2. The lowest BCUT2D eigenvalue weighted by Gasteiger charge is -2.12. The van der Waals surface area contributed by atoms with Crippen LogP contribution in [0.3, 0.4) is 0 Å². The smallest absolute Gasteiger partial charge is 0.192 e. The van der Waals surface area contributed by atoms with Crippen LogP contribution in [0.5, 0.6) is 0 Å². The van der Waals surface area contributed by atoms with Crippen LogP contribution in [0.25, 0.3) is 16.6 Å². The van der Waals surface area contributed by atoms with Gasteiger partial charge in [-0.15, -0.1) is 0 Å². The van der Waals surface area contributed by atoms with Gasteiger partial charge in [0.1, 0.15) is 0 Å². The van der Waals surface area contributed by atoms with Gasteiger partial charge in [-0.05, 0) is 43.7 Å². The Morgan fingerprint density at radius 3 is 2.53 bits per heavy atom. The van der Waals surface area contributed by atoms with Gasteiger partial charge < -0.3 is 4.57 Å². The van der Waals surface area contributed by atoms with Crippen LogP contribution >= 0.6 is 0 Å². The standard InChI is InChI=1S/C17H15NO/c1-12-6-5-7-14(10-12)18-11-13(2)17(19)15-8-3-4-9-16(15)18/h3-11H,1-2H3. The quantitative estimate of drug-likeness (QED) is 0.645. The molecule has 0 unspecified atom stereocenters. The zero-order valence-corrected chi connectivity index (χ0v) is 11.1. The summed E-state index contributed by atoms with van der Waals surface area (Å²) in [6.45, 7) is 3.93. The molecule has 0 radical (unpaired) electrons. The molecule has 0 fully saturated rings. The molecule has 3 rings (SSSR count). The molecule has 2 heteroatoms. The van der Waals surface area contributed by atoms with E-state index in [4.69, 9.17) is 0 Å². The van der Waals surface area contributed by atoms with E-state index in [9.17, 15) is 4.79 Å². The topological polar surface area (TPSA) is 22.0 Å². The monoisotopic (exact) mass is 249 g/mol. The maximum atomic E-state index is 12.2. The molecule has 0 aliphatic rings. The molecule has 0 amide bonds. The lowest BCUT2D eigenvalue weighted by molar-refractivity contribution is 1.07. The molecule has 1 aromatic heterocycles. The van der Waals surface area contributed by atoms with E-state index in [1.807, 2.05) is 43.5 Å². The summed E-state index contributed by atoms with van der Waals surface area (Å²) in [5.41, 5.74) is 4.11. The van der Waals surface area contributed by atoms with E-state index in [1.54, 1.807) is 0 Å². The third-order valence-corrected chi connectivity index (χ3v) is 3.37. The molecule has 0 spiro atoms. The summed E-state index contributed by atoms with van der Waals surface area (Å²) < 4.78 is 2.08. The number of benzene rings is 2. The van der Waals surface area contributed by atoms with Gasteiger partial charge >= 0.3 is 0 Å². The third-order valence-electron chi connectivity index (χ3n) is 3.37. The Bertz CT molecular complexity index is 815. The van der Waals surface area contributed by atoms with E-state index in [0.717, 1.165) is 22.2 Å². The number of rotatable bonds is 1. The third kappa shape index (κ3) is 1.95. The Hall–Kier alpha value is -2.35. The summed E-state index contributed by atoms with van der Waals surface area (Å²) >= 11 is 0. The van der Waals surface area contributed by atoms with Crippen molar-refractivity contribution in [1.82, 2.24) is 4.57 Å². The van der Waals surface area contributed by atoms with Crippen molar-refractivity contribution in [1.29, 1.82) is 0 Å². The minimum atomic E-state index is 0.111. The minimum absolute atomic E-state index is 0.111. The zero-order valence-electron chi connectivity index (χ0n) is 11.1. The maximum absolute atomic E-state index is 12.2. The first-order chi connectivity index (χ1) is 9.16. The number of para-hydroxylation sites is 1. The zero-order chi connectivity index (χ0) is 13.4. The Morgan fingerprint density at radius 1 is 0.947 bits per heavy atom.